The molecule has 334 valence electrons. The number of aliphatic hydroxyl groups is 7. The molecule has 1 aliphatic heterocycles. The summed E-state index contributed by atoms with van der Waals surface area (Å²) in [6.45, 7) is 3.44. The van der Waals surface area contributed by atoms with Crippen molar-refractivity contribution in [3.05, 3.63) is 0 Å². The van der Waals surface area contributed by atoms with Crippen molar-refractivity contribution in [2.75, 3.05) is 13.2 Å². The summed E-state index contributed by atoms with van der Waals surface area (Å²) in [5.74, 6) is -0.694. The zero-order valence-corrected chi connectivity index (χ0v) is 35.9. The lowest BCUT2D eigenvalue weighted by molar-refractivity contribution is -0.303. The van der Waals surface area contributed by atoms with E-state index in [0.717, 1.165) is 38.5 Å². The molecule has 1 fully saturated rings. The van der Waals surface area contributed by atoms with E-state index >= 15 is 0 Å². The maximum absolute atomic E-state index is 13.1. The van der Waals surface area contributed by atoms with Gasteiger partial charge in [-0.2, -0.15) is 0 Å². The molecular weight excluding hydrogens is 714 g/mol. The summed E-state index contributed by atoms with van der Waals surface area (Å²) in [7, 11) is 0. The van der Waals surface area contributed by atoms with E-state index in [0.29, 0.717) is 19.3 Å². The number of amides is 1. The molecule has 0 aromatic carbocycles. The highest BCUT2D eigenvalue weighted by molar-refractivity contribution is 5.80. The minimum absolute atomic E-state index is 0.266. The SMILES string of the molecule is CCCCCCCCCCCCCCCCCCC(O)C(=O)NC(COC1OC(CO)C(O)C(O)C1O)C(O)C(O)CCCCCCCCCCCCCCC. The quantitative estimate of drug-likeness (QED) is 0.0289. The van der Waals surface area contributed by atoms with Crippen LogP contribution in [0.4, 0.5) is 0 Å². The fourth-order valence-corrected chi connectivity index (χ4v) is 7.74. The standard InChI is InChI=1S/C45H89NO10/c1-3-5-7-9-11-13-15-17-18-19-21-23-25-27-29-31-33-38(49)44(54)46-36(35-55-45-43(53)42(52)41(51)39(34-47)56-45)40(50)37(48)32-30-28-26-24-22-20-16-14-12-10-8-6-4-2/h36-43,45,47-53H,3-35H2,1-2H3,(H,46,54). The van der Waals surface area contributed by atoms with Crippen molar-refractivity contribution in [2.45, 2.75) is 268 Å². The molecular formula is C45H89NO10. The maximum Gasteiger partial charge on any atom is 0.249 e. The van der Waals surface area contributed by atoms with Crippen LogP contribution in [0.25, 0.3) is 0 Å². The van der Waals surface area contributed by atoms with Crippen molar-refractivity contribution in [1.29, 1.82) is 0 Å². The van der Waals surface area contributed by atoms with Gasteiger partial charge >= 0.3 is 0 Å². The molecule has 56 heavy (non-hydrogen) atoms. The van der Waals surface area contributed by atoms with Crippen LogP contribution in [0.15, 0.2) is 0 Å². The van der Waals surface area contributed by atoms with Crippen LogP contribution >= 0.6 is 0 Å². The van der Waals surface area contributed by atoms with Gasteiger partial charge in [0.15, 0.2) is 6.29 Å². The van der Waals surface area contributed by atoms with Crippen molar-refractivity contribution in [1.82, 2.24) is 5.32 Å². The third-order valence-corrected chi connectivity index (χ3v) is 11.7. The van der Waals surface area contributed by atoms with E-state index in [9.17, 15) is 40.5 Å². The van der Waals surface area contributed by atoms with Crippen LogP contribution in [0.5, 0.6) is 0 Å². The predicted octanol–water partition coefficient (Wildman–Crippen LogP) is 7.50. The fraction of sp³-hybridized carbons (Fsp3) is 0.978. The van der Waals surface area contributed by atoms with Gasteiger partial charge in [-0.25, -0.2) is 0 Å². The highest BCUT2D eigenvalue weighted by Gasteiger charge is 2.44. The van der Waals surface area contributed by atoms with Crippen molar-refractivity contribution < 1.29 is 50.0 Å². The first-order valence-electron chi connectivity index (χ1n) is 23.4. The van der Waals surface area contributed by atoms with E-state index in [2.05, 4.69) is 19.2 Å². The Hall–Kier alpha value is -0.890. The normalized spacial score (nSPS) is 22.2. The smallest absolute Gasteiger partial charge is 0.249 e. The van der Waals surface area contributed by atoms with Crippen molar-refractivity contribution in [2.24, 2.45) is 0 Å². The number of aliphatic hydroxyl groups excluding tert-OH is 7. The summed E-state index contributed by atoms with van der Waals surface area (Å²) in [6, 6.07) is -1.16. The van der Waals surface area contributed by atoms with Gasteiger partial charge in [0.2, 0.25) is 5.91 Å². The van der Waals surface area contributed by atoms with Crippen LogP contribution in [0.1, 0.15) is 213 Å². The third-order valence-electron chi connectivity index (χ3n) is 11.7. The van der Waals surface area contributed by atoms with E-state index in [1.165, 1.54) is 135 Å². The zero-order valence-electron chi connectivity index (χ0n) is 35.9. The van der Waals surface area contributed by atoms with Gasteiger partial charge in [-0.1, -0.05) is 200 Å². The van der Waals surface area contributed by atoms with Crippen LogP contribution in [-0.4, -0.2) is 110 Å². The molecule has 0 saturated carbocycles. The number of hydrogen-bond donors (Lipinski definition) is 8. The van der Waals surface area contributed by atoms with Gasteiger partial charge in [-0.3, -0.25) is 4.79 Å². The highest BCUT2D eigenvalue weighted by atomic mass is 16.7. The molecule has 9 unspecified atom stereocenters. The summed E-state index contributed by atoms with van der Waals surface area (Å²) < 4.78 is 11.1. The van der Waals surface area contributed by atoms with Crippen LogP contribution < -0.4 is 5.32 Å². The Bertz CT molecular complexity index is 882. The lowest BCUT2D eigenvalue weighted by Gasteiger charge is -2.40. The topological polar surface area (TPSA) is 189 Å². The Morgan fingerprint density at radius 1 is 0.554 bits per heavy atom. The largest absolute Gasteiger partial charge is 0.394 e. The number of hydrogen-bond acceptors (Lipinski definition) is 10. The molecule has 1 rings (SSSR count). The average molecular weight is 804 g/mol. The molecule has 0 bridgehead atoms. The van der Waals surface area contributed by atoms with E-state index in [1.807, 2.05) is 0 Å². The lowest BCUT2D eigenvalue weighted by Crippen LogP contribution is -2.60. The molecule has 0 aliphatic carbocycles. The van der Waals surface area contributed by atoms with Crippen LogP contribution in [0.3, 0.4) is 0 Å². The minimum atomic E-state index is -1.66. The summed E-state index contributed by atoms with van der Waals surface area (Å²) in [5.41, 5.74) is 0. The van der Waals surface area contributed by atoms with E-state index < -0.39 is 74.2 Å². The second kappa shape index (κ2) is 36.0. The Morgan fingerprint density at radius 2 is 0.929 bits per heavy atom. The molecule has 0 aromatic heterocycles. The lowest BCUT2D eigenvalue weighted by atomic mass is 9.98. The third kappa shape index (κ3) is 25.6. The first-order valence-corrected chi connectivity index (χ1v) is 23.4. The number of rotatable bonds is 39. The Kier molecular flexibility index (Phi) is 34.2. The number of carbonyl (C=O) groups excluding carboxylic acids is 1. The van der Waals surface area contributed by atoms with Gasteiger partial charge in [0.25, 0.3) is 0 Å². The number of nitrogens with one attached hydrogen (secondary N) is 1. The minimum Gasteiger partial charge on any atom is -0.394 e. The predicted molar refractivity (Wildman–Crippen MR) is 224 cm³/mol. The van der Waals surface area contributed by atoms with E-state index in [4.69, 9.17) is 9.47 Å². The molecule has 1 heterocycles. The molecule has 0 radical (unpaired) electrons. The maximum atomic E-state index is 13.1. The molecule has 1 saturated heterocycles. The number of carbonyl (C=O) groups is 1. The number of unbranched alkanes of at least 4 members (excludes halogenated alkanes) is 27. The van der Waals surface area contributed by atoms with Crippen LogP contribution in [0, 0.1) is 0 Å². The molecule has 8 N–H and O–H groups in total. The molecule has 1 aliphatic rings. The molecule has 11 nitrogen and oxygen atoms in total. The van der Waals surface area contributed by atoms with E-state index in [-0.39, 0.29) is 6.42 Å². The second-order valence-electron chi connectivity index (χ2n) is 16.8. The first kappa shape index (κ1) is 53.1. The molecule has 11 heteroatoms. The summed E-state index contributed by atoms with van der Waals surface area (Å²) in [6.07, 6.45) is 24.3. The number of ether oxygens (including phenoxy) is 2. The molecule has 1 amide bonds. The van der Waals surface area contributed by atoms with Gasteiger partial charge in [-0.05, 0) is 12.8 Å². The van der Waals surface area contributed by atoms with Crippen molar-refractivity contribution in [3.8, 4) is 0 Å². The van der Waals surface area contributed by atoms with Crippen molar-refractivity contribution >= 4 is 5.91 Å². The Morgan fingerprint density at radius 3 is 1.32 bits per heavy atom. The van der Waals surface area contributed by atoms with Gasteiger partial charge in [0.1, 0.15) is 36.6 Å². The van der Waals surface area contributed by atoms with Crippen molar-refractivity contribution in [3.63, 3.8) is 0 Å². The van der Waals surface area contributed by atoms with E-state index in [1.54, 1.807) is 0 Å². The van der Waals surface area contributed by atoms with Gasteiger partial charge in [0, 0.05) is 0 Å². The summed E-state index contributed by atoms with van der Waals surface area (Å²) in [5, 5.41) is 75.6. The Labute approximate surface area is 341 Å². The molecule has 0 aromatic rings. The second-order valence-corrected chi connectivity index (χ2v) is 16.8. The average Bonchev–Trinajstić information content (AvgIpc) is 3.20. The van der Waals surface area contributed by atoms with Gasteiger partial charge < -0.3 is 50.5 Å². The van der Waals surface area contributed by atoms with Gasteiger partial charge in [-0.15, -0.1) is 0 Å². The monoisotopic (exact) mass is 804 g/mol. The highest BCUT2D eigenvalue weighted by Crippen LogP contribution is 2.23. The summed E-state index contributed by atoms with van der Waals surface area (Å²) >= 11 is 0. The summed E-state index contributed by atoms with van der Waals surface area (Å²) in [4.78, 5) is 13.1. The zero-order chi connectivity index (χ0) is 41.2. The van der Waals surface area contributed by atoms with Crippen LogP contribution in [-0.2, 0) is 14.3 Å². The van der Waals surface area contributed by atoms with Gasteiger partial charge in [0.05, 0.1) is 25.4 Å². The Balaban J connectivity index is 2.44. The van der Waals surface area contributed by atoms with Crippen LogP contribution in [0.2, 0.25) is 0 Å². The fourth-order valence-electron chi connectivity index (χ4n) is 7.74. The molecule has 0 spiro atoms. The first-order chi connectivity index (χ1) is 27.2. The molecule has 9 atom stereocenters.